The van der Waals surface area contributed by atoms with Gasteiger partial charge in [-0.2, -0.15) is 0 Å². The second kappa shape index (κ2) is 7.55. The molecule has 0 unspecified atom stereocenters. The van der Waals surface area contributed by atoms with E-state index in [2.05, 4.69) is 15.3 Å². The molecule has 130 valence electrons. The van der Waals surface area contributed by atoms with Crippen LogP contribution < -0.4 is 15.8 Å². The van der Waals surface area contributed by atoms with Crippen molar-refractivity contribution in [2.45, 2.75) is 6.92 Å². The van der Waals surface area contributed by atoms with E-state index in [1.54, 1.807) is 19.2 Å². The number of aryl methyl sites for hydroxylation is 1. The van der Waals surface area contributed by atoms with Crippen LogP contribution in [0.4, 0.5) is 17.2 Å². The lowest BCUT2D eigenvalue weighted by molar-refractivity contribution is 0.147. The largest absolute Gasteiger partial charge is 0.489 e. The van der Waals surface area contributed by atoms with Crippen LogP contribution in [0.1, 0.15) is 5.56 Å². The van der Waals surface area contributed by atoms with E-state index >= 15 is 0 Å². The molecule has 0 atom stereocenters. The Hall–Kier alpha value is -2.57. The minimum atomic E-state index is 0.421. The standard InChI is InChI=1S/C18H19ClN4O2/c1-11-3-4-12(7-14(11)19)23-18-13-8-15(20)17(25-6-5-24-2)9-16(13)21-10-22-18/h3-4,7-10H,5-6,20H2,1-2H3,(H,21,22,23). The highest BCUT2D eigenvalue weighted by molar-refractivity contribution is 6.31. The molecular formula is C18H19ClN4O2. The molecule has 0 saturated carbocycles. The van der Waals surface area contributed by atoms with Crippen molar-refractivity contribution in [1.82, 2.24) is 9.97 Å². The number of methoxy groups -OCH3 is 1. The summed E-state index contributed by atoms with van der Waals surface area (Å²) in [5, 5.41) is 4.76. The zero-order valence-corrected chi connectivity index (χ0v) is 14.8. The van der Waals surface area contributed by atoms with Crippen molar-refractivity contribution in [1.29, 1.82) is 0 Å². The monoisotopic (exact) mass is 358 g/mol. The summed E-state index contributed by atoms with van der Waals surface area (Å²) in [6.07, 6.45) is 1.50. The number of anilines is 3. The minimum absolute atomic E-state index is 0.421. The maximum Gasteiger partial charge on any atom is 0.144 e. The van der Waals surface area contributed by atoms with Gasteiger partial charge in [-0.1, -0.05) is 17.7 Å². The normalized spacial score (nSPS) is 10.8. The van der Waals surface area contributed by atoms with Crippen LogP contribution in [0, 0.1) is 6.92 Å². The second-order valence-electron chi connectivity index (χ2n) is 5.56. The molecule has 2 aromatic carbocycles. The van der Waals surface area contributed by atoms with Crippen molar-refractivity contribution in [2.24, 2.45) is 0 Å². The number of nitrogens with zero attached hydrogens (tertiary/aromatic N) is 2. The van der Waals surface area contributed by atoms with Gasteiger partial charge in [0.25, 0.3) is 0 Å². The van der Waals surface area contributed by atoms with Crippen LogP contribution >= 0.6 is 11.6 Å². The number of fused-ring (bicyclic) bond motifs is 1. The number of nitrogens with two attached hydrogens (primary N) is 1. The fraction of sp³-hybridized carbons (Fsp3) is 0.222. The molecule has 0 aliphatic heterocycles. The predicted octanol–water partition coefficient (Wildman–Crippen LogP) is 3.94. The molecule has 0 fully saturated rings. The molecule has 3 N–H and O–H groups in total. The lowest BCUT2D eigenvalue weighted by Gasteiger charge is -2.12. The Balaban J connectivity index is 1.93. The van der Waals surface area contributed by atoms with E-state index in [9.17, 15) is 0 Å². The van der Waals surface area contributed by atoms with Gasteiger partial charge >= 0.3 is 0 Å². The van der Waals surface area contributed by atoms with Gasteiger partial charge in [-0.25, -0.2) is 9.97 Å². The van der Waals surface area contributed by atoms with Gasteiger partial charge in [0.2, 0.25) is 0 Å². The Kier molecular flexibility index (Phi) is 5.21. The van der Waals surface area contributed by atoms with Gasteiger partial charge < -0.3 is 20.5 Å². The molecule has 0 saturated heterocycles. The summed E-state index contributed by atoms with van der Waals surface area (Å²) in [6.45, 7) is 2.87. The number of rotatable bonds is 6. The maximum absolute atomic E-state index is 6.19. The van der Waals surface area contributed by atoms with E-state index in [0.717, 1.165) is 22.2 Å². The molecule has 0 radical (unpaired) electrons. The van der Waals surface area contributed by atoms with Gasteiger partial charge in [-0.15, -0.1) is 0 Å². The molecule has 0 bridgehead atoms. The second-order valence-corrected chi connectivity index (χ2v) is 5.97. The van der Waals surface area contributed by atoms with E-state index in [0.29, 0.717) is 35.5 Å². The smallest absolute Gasteiger partial charge is 0.144 e. The van der Waals surface area contributed by atoms with E-state index in [1.165, 1.54) is 6.33 Å². The molecule has 3 rings (SSSR count). The van der Waals surface area contributed by atoms with E-state index in [1.807, 2.05) is 25.1 Å². The summed E-state index contributed by atoms with van der Waals surface area (Å²) in [6, 6.07) is 9.35. The molecule has 25 heavy (non-hydrogen) atoms. The predicted molar refractivity (Wildman–Crippen MR) is 101 cm³/mol. The Bertz CT molecular complexity index is 902. The molecule has 0 aliphatic rings. The number of nitrogens with one attached hydrogen (secondary N) is 1. The topological polar surface area (TPSA) is 82.3 Å². The molecule has 0 aliphatic carbocycles. The highest BCUT2D eigenvalue weighted by atomic mass is 35.5. The van der Waals surface area contributed by atoms with Gasteiger partial charge in [0.05, 0.1) is 17.8 Å². The van der Waals surface area contributed by atoms with Gasteiger partial charge in [-0.3, -0.25) is 0 Å². The Morgan fingerprint density at radius 1 is 1.16 bits per heavy atom. The Morgan fingerprint density at radius 3 is 2.76 bits per heavy atom. The molecule has 6 nitrogen and oxygen atoms in total. The van der Waals surface area contributed by atoms with Crippen LogP contribution in [-0.4, -0.2) is 30.3 Å². The van der Waals surface area contributed by atoms with Crippen LogP contribution in [0.5, 0.6) is 5.75 Å². The van der Waals surface area contributed by atoms with Crippen LogP contribution in [0.3, 0.4) is 0 Å². The van der Waals surface area contributed by atoms with Crippen molar-refractivity contribution < 1.29 is 9.47 Å². The molecule has 0 spiro atoms. The van der Waals surface area contributed by atoms with Gasteiger partial charge in [-0.05, 0) is 30.7 Å². The average molecular weight is 359 g/mol. The lowest BCUT2D eigenvalue weighted by Crippen LogP contribution is -2.06. The van der Waals surface area contributed by atoms with Crippen molar-refractivity contribution in [3.05, 3.63) is 47.2 Å². The number of benzene rings is 2. The Morgan fingerprint density at radius 2 is 2.00 bits per heavy atom. The number of nitrogen functional groups attached to an aromatic ring is 1. The summed E-state index contributed by atoms with van der Waals surface area (Å²) in [5.41, 5.74) is 9.21. The number of hydrogen-bond acceptors (Lipinski definition) is 6. The molecule has 1 heterocycles. The number of aromatic nitrogens is 2. The number of ether oxygens (including phenoxy) is 2. The fourth-order valence-electron chi connectivity index (χ4n) is 2.37. The first-order valence-corrected chi connectivity index (χ1v) is 8.15. The first kappa shape index (κ1) is 17.3. The fourth-order valence-corrected chi connectivity index (χ4v) is 2.55. The summed E-state index contributed by atoms with van der Waals surface area (Å²) >= 11 is 6.19. The quantitative estimate of drug-likeness (QED) is 0.513. The summed E-state index contributed by atoms with van der Waals surface area (Å²) in [4.78, 5) is 8.62. The third-order valence-electron chi connectivity index (χ3n) is 3.75. The first-order chi connectivity index (χ1) is 12.1. The van der Waals surface area contributed by atoms with Crippen LogP contribution in [0.15, 0.2) is 36.7 Å². The summed E-state index contributed by atoms with van der Waals surface area (Å²) < 4.78 is 10.6. The first-order valence-electron chi connectivity index (χ1n) is 7.77. The van der Waals surface area contributed by atoms with Crippen LogP contribution in [-0.2, 0) is 4.74 Å². The Labute approximate surface area is 150 Å². The highest BCUT2D eigenvalue weighted by Gasteiger charge is 2.10. The highest BCUT2D eigenvalue weighted by Crippen LogP contribution is 2.32. The molecule has 3 aromatic rings. The maximum atomic E-state index is 6.19. The molecular weight excluding hydrogens is 340 g/mol. The summed E-state index contributed by atoms with van der Waals surface area (Å²) in [5.74, 6) is 1.23. The van der Waals surface area contributed by atoms with E-state index in [4.69, 9.17) is 26.8 Å². The molecule has 1 aromatic heterocycles. The van der Waals surface area contributed by atoms with Crippen molar-refractivity contribution in [2.75, 3.05) is 31.4 Å². The third kappa shape index (κ3) is 3.92. The van der Waals surface area contributed by atoms with Gasteiger partial charge in [0, 0.05) is 29.3 Å². The molecule has 0 amide bonds. The van der Waals surface area contributed by atoms with Gasteiger partial charge in [0.15, 0.2) is 0 Å². The third-order valence-corrected chi connectivity index (χ3v) is 4.15. The van der Waals surface area contributed by atoms with Crippen molar-refractivity contribution in [3.63, 3.8) is 0 Å². The zero-order valence-electron chi connectivity index (χ0n) is 14.0. The summed E-state index contributed by atoms with van der Waals surface area (Å²) in [7, 11) is 1.62. The minimum Gasteiger partial charge on any atom is -0.489 e. The van der Waals surface area contributed by atoms with Crippen LogP contribution in [0.2, 0.25) is 5.02 Å². The lowest BCUT2D eigenvalue weighted by atomic mass is 10.2. The van der Waals surface area contributed by atoms with E-state index < -0.39 is 0 Å². The van der Waals surface area contributed by atoms with Crippen molar-refractivity contribution >= 4 is 39.7 Å². The SMILES string of the molecule is COCCOc1cc2ncnc(Nc3ccc(C)c(Cl)c3)c2cc1N. The van der Waals surface area contributed by atoms with Gasteiger partial charge in [0.1, 0.15) is 24.5 Å². The van der Waals surface area contributed by atoms with Crippen molar-refractivity contribution in [3.8, 4) is 5.75 Å². The van der Waals surface area contributed by atoms with Crippen LogP contribution in [0.25, 0.3) is 10.9 Å². The molecule has 7 heteroatoms. The van der Waals surface area contributed by atoms with E-state index in [-0.39, 0.29) is 0 Å². The number of halogens is 1. The average Bonchev–Trinajstić information content (AvgIpc) is 2.59. The zero-order chi connectivity index (χ0) is 17.8. The number of hydrogen-bond donors (Lipinski definition) is 2.